The molecule has 0 bridgehead atoms. The average Bonchev–Trinajstić information content (AvgIpc) is 3.43. The summed E-state index contributed by atoms with van der Waals surface area (Å²) in [4.78, 5) is 15.7. The van der Waals surface area contributed by atoms with Crippen molar-refractivity contribution in [3.05, 3.63) is 58.4 Å². The number of amides is 1. The Morgan fingerprint density at radius 3 is 2.80 bits per heavy atom. The van der Waals surface area contributed by atoms with Crippen molar-refractivity contribution in [2.45, 2.75) is 44.6 Å². The molecule has 1 aromatic carbocycles. The van der Waals surface area contributed by atoms with E-state index in [0.717, 1.165) is 49.2 Å². The molecule has 3 aromatic rings. The minimum Gasteiger partial charge on any atom is -0.368 e. The molecule has 5 rings (SSSR count). The van der Waals surface area contributed by atoms with Gasteiger partial charge in [0.15, 0.2) is 0 Å². The molecule has 2 aliphatic rings. The maximum Gasteiger partial charge on any atom is 0.267 e. The summed E-state index contributed by atoms with van der Waals surface area (Å²) in [6.07, 6.45) is 6.26. The van der Waals surface area contributed by atoms with E-state index < -0.39 is 5.60 Å². The largest absolute Gasteiger partial charge is 0.368 e. The lowest BCUT2D eigenvalue weighted by Gasteiger charge is -2.42. The van der Waals surface area contributed by atoms with E-state index >= 15 is 0 Å². The number of rotatable bonds is 4. The minimum atomic E-state index is -0.400. The fourth-order valence-corrected chi connectivity index (χ4v) is 5.16. The van der Waals surface area contributed by atoms with Crippen LogP contribution in [-0.4, -0.2) is 49.9 Å². The molecule has 8 heteroatoms. The van der Waals surface area contributed by atoms with E-state index in [0.29, 0.717) is 24.6 Å². The molecule has 2 aromatic heterocycles. The summed E-state index contributed by atoms with van der Waals surface area (Å²) in [5, 5.41) is 9.08. The molecule has 1 spiro atoms. The van der Waals surface area contributed by atoms with Crippen LogP contribution in [0.15, 0.2) is 36.5 Å². The SMILES string of the molecule is CCCc1nnsc1C(=O)N1CCC2(CC1)OCCc1cn(-c3ccccc3)nc12. The number of aromatic nitrogens is 4. The van der Waals surface area contributed by atoms with Crippen LogP contribution in [0.4, 0.5) is 0 Å². The Morgan fingerprint density at radius 1 is 1.23 bits per heavy atom. The Labute approximate surface area is 179 Å². The molecule has 0 N–H and O–H groups in total. The van der Waals surface area contributed by atoms with Gasteiger partial charge in [-0.1, -0.05) is 36.0 Å². The summed E-state index contributed by atoms with van der Waals surface area (Å²) in [6.45, 7) is 4.09. The Morgan fingerprint density at radius 2 is 2.03 bits per heavy atom. The lowest BCUT2D eigenvalue weighted by atomic mass is 9.83. The van der Waals surface area contributed by atoms with Crippen LogP contribution in [0.1, 0.15) is 52.8 Å². The number of nitrogens with zero attached hydrogens (tertiary/aromatic N) is 5. The smallest absolute Gasteiger partial charge is 0.267 e. The van der Waals surface area contributed by atoms with Gasteiger partial charge in [-0.3, -0.25) is 4.79 Å². The number of hydrogen-bond acceptors (Lipinski definition) is 6. The summed E-state index contributed by atoms with van der Waals surface area (Å²) in [5.41, 5.74) is 3.77. The van der Waals surface area contributed by atoms with Crippen LogP contribution in [0.2, 0.25) is 0 Å². The van der Waals surface area contributed by atoms with Gasteiger partial charge in [0.1, 0.15) is 10.5 Å². The maximum absolute atomic E-state index is 13.1. The first-order valence-electron chi connectivity index (χ1n) is 10.6. The number of hydrogen-bond donors (Lipinski definition) is 0. The number of carbonyl (C=O) groups is 1. The van der Waals surface area contributed by atoms with Crippen molar-refractivity contribution < 1.29 is 9.53 Å². The summed E-state index contributed by atoms with van der Waals surface area (Å²) < 4.78 is 12.3. The lowest BCUT2D eigenvalue weighted by molar-refractivity contribution is -0.0963. The highest BCUT2D eigenvalue weighted by Gasteiger charge is 2.44. The summed E-state index contributed by atoms with van der Waals surface area (Å²) in [6, 6.07) is 10.2. The van der Waals surface area contributed by atoms with Crippen LogP contribution in [0.25, 0.3) is 5.69 Å². The summed E-state index contributed by atoms with van der Waals surface area (Å²) in [7, 11) is 0. The third-order valence-electron chi connectivity index (χ3n) is 6.09. The molecule has 0 aliphatic carbocycles. The van der Waals surface area contributed by atoms with Crippen LogP contribution in [-0.2, 0) is 23.2 Å². The van der Waals surface area contributed by atoms with Gasteiger partial charge in [-0.2, -0.15) is 5.10 Å². The average molecular weight is 424 g/mol. The zero-order chi connectivity index (χ0) is 20.6. The first-order valence-corrected chi connectivity index (χ1v) is 11.4. The third kappa shape index (κ3) is 3.33. The Kier molecular flexibility index (Phi) is 5.12. The van der Waals surface area contributed by atoms with Crippen molar-refractivity contribution in [2.24, 2.45) is 0 Å². The molecule has 7 nitrogen and oxygen atoms in total. The normalized spacial score (nSPS) is 17.8. The number of likely N-dealkylation sites (tertiary alicyclic amines) is 1. The number of piperidine rings is 1. The van der Waals surface area contributed by atoms with E-state index in [9.17, 15) is 4.79 Å². The van der Waals surface area contributed by atoms with E-state index in [2.05, 4.69) is 34.8 Å². The lowest BCUT2D eigenvalue weighted by Crippen LogP contribution is -2.48. The standard InChI is InChI=1S/C22H25N5O2S/c1-2-6-18-19(30-25-23-18)21(28)26-12-10-22(11-13-26)20-16(9-14-29-22)15-27(24-20)17-7-4-3-5-8-17/h3-5,7-8,15H,2,6,9-14H2,1H3. The number of ether oxygens (including phenoxy) is 1. The van der Waals surface area contributed by atoms with Crippen molar-refractivity contribution >= 4 is 17.4 Å². The Hall–Kier alpha value is -2.58. The fraction of sp³-hybridized carbons (Fsp3) is 0.455. The van der Waals surface area contributed by atoms with Crippen LogP contribution in [0, 0.1) is 0 Å². The minimum absolute atomic E-state index is 0.0501. The van der Waals surface area contributed by atoms with Gasteiger partial charge in [-0.15, -0.1) is 5.10 Å². The van der Waals surface area contributed by atoms with Gasteiger partial charge in [0.2, 0.25) is 0 Å². The van der Waals surface area contributed by atoms with Crippen molar-refractivity contribution in [1.82, 2.24) is 24.3 Å². The van der Waals surface area contributed by atoms with Gasteiger partial charge in [-0.25, -0.2) is 4.68 Å². The van der Waals surface area contributed by atoms with E-state index in [1.165, 1.54) is 17.1 Å². The topological polar surface area (TPSA) is 73.1 Å². The zero-order valence-corrected chi connectivity index (χ0v) is 17.9. The highest BCUT2D eigenvalue weighted by atomic mass is 32.1. The van der Waals surface area contributed by atoms with Crippen LogP contribution in [0.3, 0.4) is 0 Å². The zero-order valence-electron chi connectivity index (χ0n) is 17.1. The predicted molar refractivity (Wildman–Crippen MR) is 114 cm³/mol. The Balaban J connectivity index is 1.36. The van der Waals surface area contributed by atoms with Crippen molar-refractivity contribution in [3.8, 4) is 5.69 Å². The Bertz CT molecular complexity index is 1040. The molecule has 1 fully saturated rings. The maximum atomic E-state index is 13.1. The van der Waals surface area contributed by atoms with Gasteiger partial charge in [0.05, 0.1) is 23.7 Å². The molecule has 1 saturated heterocycles. The van der Waals surface area contributed by atoms with Crippen LogP contribution in [0.5, 0.6) is 0 Å². The molecule has 156 valence electrons. The van der Waals surface area contributed by atoms with Gasteiger partial charge in [0, 0.05) is 19.3 Å². The van der Waals surface area contributed by atoms with Gasteiger partial charge >= 0.3 is 0 Å². The monoisotopic (exact) mass is 423 g/mol. The molecule has 2 aliphatic heterocycles. The van der Waals surface area contributed by atoms with Gasteiger partial charge in [0.25, 0.3) is 5.91 Å². The fourth-order valence-electron chi connectivity index (χ4n) is 4.48. The molecule has 4 heterocycles. The van der Waals surface area contributed by atoms with Crippen LogP contribution < -0.4 is 0 Å². The first kappa shape index (κ1) is 19.4. The second-order valence-electron chi connectivity index (χ2n) is 7.97. The molecular weight excluding hydrogens is 398 g/mol. The molecular formula is C22H25N5O2S. The molecule has 0 atom stereocenters. The number of aryl methyl sites for hydroxylation is 1. The van der Waals surface area contributed by atoms with Crippen LogP contribution >= 0.6 is 11.5 Å². The van der Waals surface area contributed by atoms with Crippen molar-refractivity contribution in [1.29, 1.82) is 0 Å². The van der Waals surface area contributed by atoms with Crippen molar-refractivity contribution in [2.75, 3.05) is 19.7 Å². The number of fused-ring (bicyclic) bond motifs is 2. The van der Waals surface area contributed by atoms with Gasteiger partial charge in [-0.05, 0) is 54.9 Å². The summed E-state index contributed by atoms with van der Waals surface area (Å²) >= 11 is 1.21. The number of carbonyl (C=O) groups excluding carboxylic acids is 1. The van der Waals surface area contributed by atoms with Gasteiger partial charge < -0.3 is 9.64 Å². The van der Waals surface area contributed by atoms with E-state index in [-0.39, 0.29) is 5.91 Å². The molecule has 1 amide bonds. The summed E-state index contributed by atoms with van der Waals surface area (Å²) in [5.74, 6) is 0.0501. The van der Waals surface area contributed by atoms with E-state index in [4.69, 9.17) is 9.84 Å². The molecule has 30 heavy (non-hydrogen) atoms. The highest BCUT2D eigenvalue weighted by Crippen LogP contribution is 2.41. The second kappa shape index (κ2) is 7.92. The van der Waals surface area contributed by atoms with Crippen molar-refractivity contribution in [3.63, 3.8) is 0 Å². The molecule has 0 unspecified atom stereocenters. The first-order chi connectivity index (χ1) is 14.7. The predicted octanol–water partition coefficient (Wildman–Crippen LogP) is 3.38. The molecule has 0 saturated carbocycles. The number of para-hydroxylation sites is 1. The van der Waals surface area contributed by atoms with E-state index in [1.54, 1.807) is 0 Å². The third-order valence-corrected chi connectivity index (χ3v) is 6.84. The number of benzene rings is 1. The van der Waals surface area contributed by atoms with E-state index in [1.807, 2.05) is 27.8 Å². The quantitative estimate of drug-likeness (QED) is 0.643. The molecule has 0 radical (unpaired) electrons. The second-order valence-corrected chi connectivity index (χ2v) is 8.72. The highest BCUT2D eigenvalue weighted by molar-refractivity contribution is 7.08.